The van der Waals surface area contributed by atoms with Gasteiger partial charge in [0, 0.05) is 13.2 Å². The lowest BCUT2D eigenvalue weighted by Crippen LogP contribution is -2.19. The van der Waals surface area contributed by atoms with Gasteiger partial charge in [-0.15, -0.1) is 10.2 Å². The molecular weight excluding hydrogens is 393 g/mol. The van der Waals surface area contributed by atoms with E-state index >= 15 is 0 Å². The number of hydrogen-bond acceptors (Lipinski definition) is 7. The molecule has 0 radical (unpaired) electrons. The Labute approximate surface area is 156 Å². The second-order valence-electron chi connectivity index (χ2n) is 4.69. The van der Waals surface area contributed by atoms with E-state index in [9.17, 15) is 13.2 Å². The third kappa shape index (κ3) is 5.68. The van der Waals surface area contributed by atoms with Crippen LogP contribution in [-0.4, -0.2) is 42.7 Å². The van der Waals surface area contributed by atoms with Crippen LogP contribution in [0.1, 0.15) is 5.01 Å². The molecule has 0 bridgehead atoms. The van der Waals surface area contributed by atoms with Gasteiger partial charge in [-0.05, 0) is 24.4 Å². The average molecular weight is 408 g/mol. The van der Waals surface area contributed by atoms with Crippen LogP contribution in [0.25, 0.3) is 0 Å². The molecule has 0 fully saturated rings. The molecule has 12 heteroatoms. The van der Waals surface area contributed by atoms with Crippen molar-refractivity contribution in [1.29, 1.82) is 0 Å². The van der Waals surface area contributed by atoms with Crippen molar-refractivity contribution >= 4 is 39.5 Å². The second kappa shape index (κ2) is 8.96. The highest BCUT2D eigenvalue weighted by molar-refractivity contribution is 7.80. The molecule has 1 aromatic carbocycles. The van der Waals surface area contributed by atoms with Crippen LogP contribution in [0.4, 0.5) is 24.0 Å². The molecule has 0 aliphatic carbocycles. The Bertz CT molecular complexity index is 755. The largest absolute Gasteiger partial charge is 0.494 e. The summed E-state index contributed by atoms with van der Waals surface area (Å²) >= 11 is 5.43. The Balaban J connectivity index is 2.00. The first-order valence-corrected chi connectivity index (χ1v) is 8.34. The Morgan fingerprint density at radius 3 is 2.58 bits per heavy atom. The van der Waals surface area contributed by atoms with Gasteiger partial charge in [0.15, 0.2) is 5.11 Å². The molecule has 0 aliphatic rings. The van der Waals surface area contributed by atoms with Crippen molar-refractivity contribution in [3.05, 3.63) is 23.2 Å². The summed E-state index contributed by atoms with van der Waals surface area (Å²) in [5.41, 5.74) is 0.504. The van der Waals surface area contributed by atoms with Crippen molar-refractivity contribution in [2.24, 2.45) is 0 Å². The number of nitrogens with one attached hydrogen (secondary N) is 2. The van der Waals surface area contributed by atoms with Gasteiger partial charge < -0.3 is 24.8 Å². The minimum absolute atomic E-state index is 0.0428. The number of rotatable bonds is 7. The zero-order valence-electron chi connectivity index (χ0n) is 13.7. The van der Waals surface area contributed by atoms with E-state index in [-0.39, 0.29) is 10.2 Å². The molecule has 2 rings (SSSR count). The van der Waals surface area contributed by atoms with Gasteiger partial charge in [-0.25, -0.2) is 0 Å². The lowest BCUT2D eigenvalue weighted by atomic mass is 10.2. The highest BCUT2D eigenvalue weighted by atomic mass is 32.1. The predicted octanol–water partition coefficient (Wildman–Crippen LogP) is 3.40. The SMILES string of the molecule is COCCOc1ccc(NC(=S)Nc2nnc(C(F)(F)F)s2)c(OC)c1. The Morgan fingerprint density at radius 1 is 1.19 bits per heavy atom. The summed E-state index contributed by atoms with van der Waals surface area (Å²) in [4.78, 5) is 0. The summed E-state index contributed by atoms with van der Waals surface area (Å²) in [5.74, 6) is 1.01. The molecule has 7 nitrogen and oxygen atoms in total. The van der Waals surface area contributed by atoms with E-state index in [0.717, 1.165) is 0 Å². The first-order valence-electron chi connectivity index (χ1n) is 7.12. The van der Waals surface area contributed by atoms with Crippen molar-refractivity contribution in [1.82, 2.24) is 10.2 Å². The molecule has 0 unspecified atom stereocenters. The Kier molecular flexibility index (Phi) is 6.94. The molecule has 0 spiro atoms. The summed E-state index contributed by atoms with van der Waals surface area (Å²) in [6.45, 7) is 0.822. The van der Waals surface area contributed by atoms with Gasteiger partial charge in [0.25, 0.3) is 0 Å². The number of aromatic nitrogens is 2. The predicted molar refractivity (Wildman–Crippen MR) is 95.1 cm³/mol. The quantitative estimate of drug-likeness (QED) is 0.533. The molecule has 2 aromatic rings. The number of alkyl halides is 3. The average Bonchev–Trinajstić information content (AvgIpc) is 3.05. The first-order chi connectivity index (χ1) is 12.3. The molecule has 0 atom stereocenters. The number of thiocarbonyl (C=S) groups is 1. The van der Waals surface area contributed by atoms with E-state index in [1.807, 2.05) is 0 Å². The number of benzene rings is 1. The van der Waals surface area contributed by atoms with Crippen LogP contribution in [0.3, 0.4) is 0 Å². The maximum Gasteiger partial charge on any atom is 0.445 e. The van der Waals surface area contributed by atoms with E-state index in [1.165, 1.54) is 7.11 Å². The molecule has 1 heterocycles. The Morgan fingerprint density at radius 2 is 1.96 bits per heavy atom. The van der Waals surface area contributed by atoms with Crippen molar-refractivity contribution in [2.45, 2.75) is 6.18 Å². The van der Waals surface area contributed by atoms with Crippen LogP contribution in [0, 0.1) is 0 Å². The molecule has 1 aromatic heterocycles. The van der Waals surface area contributed by atoms with Gasteiger partial charge in [-0.2, -0.15) is 13.2 Å². The molecule has 0 aliphatic heterocycles. The zero-order valence-corrected chi connectivity index (χ0v) is 15.3. The highest BCUT2D eigenvalue weighted by Crippen LogP contribution is 2.33. The van der Waals surface area contributed by atoms with Gasteiger partial charge in [0.05, 0.1) is 19.4 Å². The molecular formula is C14H15F3N4O3S2. The molecule has 0 saturated carbocycles. The van der Waals surface area contributed by atoms with E-state index in [4.69, 9.17) is 26.4 Å². The lowest BCUT2D eigenvalue weighted by Gasteiger charge is -2.14. The van der Waals surface area contributed by atoms with Gasteiger partial charge in [-0.1, -0.05) is 11.3 Å². The minimum atomic E-state index is -4.55. The van der Waals surface area contributed by atoms with Crippen LogP contribution in [0.5, 0.6) is 11.5 Å². The minimum Gasteiger partial charge on any atom is -0.494 e. The zero-order chi connectivity index (χ0) is 19.2. The number of methoxy groups -OCH3 is 2. The molecule has 26 heavy (non-hydrogen) atoms. The van der Waals surface area contributed by atoms with Crippen LogP contribution in [0.15, 0.2) is 18.2 Å². The third-order valence-electron chi connectivity index (χ3n) is 2.87. The Hall–Kier alpha value is -2.18. The fourth-order valence-electron chi connectivity index (χ4n) is 1.75. The number of ether oxygens (including phenoxy) is 3. The van der Waals surface area contributed by atoms with Crippen LogP contribution in [0.2, 0.25) is 0 Å². The maximum atomic E-state index is 12.5. The number of anilines is 2. The summed E-state index contributed by atoms with van der Waals surface area (Å²) in [7, 11) is 3.04. The topological polar surface area (TPSA) is 77.5 Å². The van der Waals surface area contributed by atoms with E-state index in [0.29, 0.717) is 41.7 Å². The van der Waals surface area contributed by atoms with Gasteiger partial charge in [0.1, 0.15) is 18.1 Å². The van der Waals surface area contributed by atoms with E-state index in [1.54, 1.807) is 25.3 Å². The van der Waals surface area contributed by atoms with Crippen molar-refractivity contribution in [3.8, 4) is 11.5 Å². The standard InChI is InChI=1S/C14H15F3N4O3S2/c1-22-5-6-24-8-3-4-9(10(7-8)23-2)18-12(25)19-13-21-20-11(26-13)14(15,16)17/h3-4,7H,5-6H2,1-2H3,(H2,18,19,21,25). The third-order valence-corrected chi connectivity index (χ3v) is 3.95. The number of hydrogen-bond donors (Lipinski definition) is 2. The summed E-state index contributed by atoms with van der Waals surface area (Å²) in [5, 5.41) is 10.8. The monoisotopic (exact) mass is 408 g/mol. The smallest absolute Gasteiger partial charge is 0.445 e. The van der Waals surface area contributed by atoms with Crippen LogP contribution < -0.4 is 20.1 Å². The van der Waals surface area contributed by atoms with E-state index in [2.05, 4.69) is 20.8 Å². The molecule has 142 valence electrons. The normalized spacial score (nSPS) is 11.1. The summed E-state index contributed by atoms with van der Waals surface area (Å²) in [6.07, 6.45) is -4.55. The number of halogens is 3. The fourth-order valence-corrected chi connectivity index (χ4v) is 2.63. The molecule has 0 saturated heterocycles. The summed E-state index contributed by atoms with van der Waals surface area (Å²) in [6, 6.07) is 5.00. The fraction of sp³-hybridized carbons (Fsp3) is 0.357. The number of nitrogens with zero attached hydrogens (tertiary/aromatic N) is 2. The van der Waals surface area contributed by atoms with Gasteiger partial charge in [0.2, 0.25) is 10.1 Å². The van der Waals surface area contributed by atoms with Crippen molar-refractivity contribution < 1.29 is 27.4 Å². The maximum absolute atomic E-state index is 12.5. The molecule has 2 N–H and O–H groups in total. The van der Waals surface area contributed by atoms with Crippen molar-refractivity contribution in [2.75, 3.05) is 38.1 Å². The van der Waals surface area contributed by atoms with Crippen LogP contribution in [-0.2, 0) is 10.9 Å². The molecule has 0 amide bonds. The van der Waals surface area contributed by atoms with Crippen molar-refractivity contribution in [3.63, 3.8) is 0 Å². The summed E-state index contributed by atoms with van der Waals surface area (Å²) < 4.78 is 53.2. The first kappa shape index (κ1) is 20.1. The van der Waals surface area contributed by atoms with Crippen LogP contribution >= 0.6 is 23.6 Å². The van der Waals surface area contributed by atoms with E-state index < -0.39 is 11.2 Å². The lowest BCUT2D eigenvalue weighted by molar-refractivity contribution is -0.138. The van der Waals surface area contributed by atoms with Gasteiger partial charge in [-0.3, -0.25) is 0 Å². The van der Waals surface area contributed by atoms with Gasteiger partial charge >= 0.3 is 6.18 Å². The highest BCUT2D eigenvalue weighted by Gasteiger charge is 2.35. The second-order valence-corrected chi connectivity index (χ2v) is 6.08.